The third kappa shape index (κ3) is 3.33. The number of anilines is 2. The predicted octanol–water partition coefficient (Wildman–Crippen LogP) is -0.526. The Bertz CT molecular complexity index is 555. The van der Waals surface area contributed by atoms with Crippen molar-refractivity contribution in [2.45, 2.75) is 6.92 Å². The standard InChI is InChI=1S/C13H16N4O3/c1-8-9(14)3-2-4-10(8)15-11(18)5-17-6-12(19)16-13(20)7-17/h2-4H,5-7,14H2,1H3,(H,15,18)(H,16,19,20). The lowest BCUT2D eigenvalue weighted by Gasteiger charge is -2.24. The highest BCUT2D eigenvalue weighted by atomic mass is 16.2. The number of hydrogen-bond acceptors (Lipinski definition) is 5. The third-order valence-electron chi connectivity index (χ3n) is 3.03. The molecule has 0 spiro atoms. The molecule has 0 unspecified atom stereocenters. The Morgan fingerprint density at radius 2 is 2.00 bits per heavy atom. The van der Waals surface area contributed by atoms with E-state index in [9.17, 15) is 14.4 Å². The molecule has 1 heterocycles. The summed E-state index contributed by atoms with van der Waals surface area (Å²) < 4.78 is 0. The van der Waals surface area contributed by atoms with Gasteiger partial charge in [0, 0.05) is 11.4 Å². The lowest BCUT2D eigenvalue weighted by atomic mass is 10.1. The topological polar surface area (TPSA) is 105 Å². The summed E-state index contributed by atoms with van der Waals surface area (Å²) in [5.41, 5.74) is 7.76. The molecular formula is C13H16N4O3. The summed E-state index contributed by atoms with van der Waals surface area (Å²) in [5, 5.41) is 4.91. The molecule has 1 aromatic rings. The molecule has 1 aliphatic heterocycles. The van der Waals surface area contributed by atoms with Crippen molar-refractivity contribution >= 4 is 29.1 Å². The summed E-state index contributed by atoms with van der Waals surface area (Å²) in [7, 11) is 0. The molecule has 1 aromatic carbocycles. The highest BCUT2D eigenvalue weighted by Gasteiger charge is 2.24. The Hall–Kier alpha value is -2.41. The molecule has 0 radical (unpaired) electrons. The number of imide groups is 1. The zero-order valence-corrected chi connectivity index (χ0v) is 11.1. The highest BCUT2D eigenvalue weighted by Crippen LogP contribution is 2.20. The van der Waals surface area contributed by atoms with Gasteiger partial charge in [0.1, 0.15) is 0 Å². The molecule has 0 bridgehead atoms. The Kier molecular flexibility index (Phi) is 3.99. The van der Waals surface area contributed by atoms with Crippen LogP contribution in [0.15, 0.2) is 18.2 Å². The number of nitrogens with one attached hydrogen (secondary N) is 2. The number of nitrogens with zero attached hydrogens (tertiary/aromatic N) is 1. The summed E-state index contributed by atoms with van der Waals surface area (Å²) in [6.07, 6.45) is 0. The van der Waals surface area contributed by atoms with Crippen molar-refractivity contribution in [3.8, 4) is 0 Å². The van der Waals surface area contributed by atoms with Gasteiger partial charge in [0.15, 0.2) is 0 Å². The maximum Gasteiger partial charge on any atom is 0.240 e. The normalized spacial score (nSPS) is 15.8. The Morgan fingerprint density at radius 1 is 1.35 bits per heavy atom. The molecular weight excluding hydrogens is 260 g/mol. The second-order valence-corrected chi connectivity index (χ2v) is 4.68. The van der Waals surface area contributed by atoms with Crippen LogP contribution in [-0.4, -0.2) is 42.3 Å². The summed E-state index contributed by atoms with van der Waals surface area (Å²) in [5.74, 6) is -1.08. The molecule has 1 aliphatic rings. The van der Waals surface area contributed by atoms with Crippen LogP contribution in [0.3, 0.4) is 0 Å². The largest absolute Gasteiger partial charge is 0.398 e. The molecule has 0 saturated carbocycles. The van der Waals surface area contributed by atoms with Gasteiger partial charge >= 0.3 is 0 Å². The summed E-state index contributed by atoms with van der Waals surface area (Å²) in [6.45, 7) is 1.86. The zero-order valence-electron chi connectivity index (χ0n) is 11.1. The van der Waals surface area contributed by atoms with Crippen LogP contribution in [0.25, 0.3) is 0 Å². The number of nitrogen functional groups attached to an aromatic ring is 1. The Morgan fingerprint density at radius 3 is 2.65 bits per heavy atom. The van der Waals surface area contributed by atoms with E-state index in [1.807, 2.05) is 6.92 Å². The SMILES string of the molecule is Cc1c(N)cccc1NC(=O)CN1CC(=O)NC(=O)C1. The van der Waals surface area contributed by atoms with Crippen molar-refractivity contribution in [3.05, 3.63) is 23.8 Å². The van der Waals surface area contributed by atoms with Gasteiger partial charge in [-0.25, -0.2) is 0 Å². The van der Waals surface area contributed by atoms with Gasteiger partial charge in [-0.05, 0) is 24.6 Å². The number of piperazine rings is 1. The Balaban J connectivity index is 1.97. The first-order valence-corrected chi connectivity index (χ1v) is 6.15. The van der Waals surface area contributed by atoms with Crippen LogP contribution in [0.5, 0.6) is 0 Å². The number of benzene rings is 1. The maximum absolute atomic E-state index is 11.9. The molecule has 0 aliphatic carbocycles. The van der Waals surface area contributed by atoms with E-state index in [2.05, 4.69) is 10.6 Å². The van der Waals surface area contributed by atoms with Crippen LogP contribution >= 0.6 is 0 Å². The minimum atomic E-state index is -0.394. The van der Waals surface area contributed by atoms with Gasteiger partial charge in [-0.3, -0.25) is 24.6 Å². The van der Waals surface area contributed by atoms with E-state index >= 15 is 0 Å². The first-order valence-electron chi connectivity index (χ1n) is 6.15. The minimum Gasteiger partial charge on any atom is -0.398 e. The van der Waals surface area contributed by atoms with E-state index in [0.29, 0.717) is 11.4 Å². The number of nitrogens with two attached hydrogens (primary N) is 1. The molecule has 4 N–H and O–H groups in total. The lowest BCUT2D eigenvalue weighted by molar-refractivity contribution is -0.136. The van der Waals surface area contributed by atoms with E-state index in [1.165, 1.54) is 4.90 Å². The average Bonchev–Trinajstić information content (AvgIpc) is 2.33. The second-order valence-electron chi connectivity index (χ2n) is 4.68. The number of amides is 3. The van der Waals surface area contributed by atoms with E-state index in [1.54, 1.807) is 18.2 Å². The van der Waals surface area contributed by atoms with Crippen molar-refractivity contribution in [2.24, 2.45) is 0 Å². The number of hydrogen-bond donors (Lipinski definition) is 3. The molecule has 0 atom stereocenters. The molecule has 7 heteroatoms. The van der Waals surface area contributed by atoms with Crippen LogP contribution < -0.4 is 16.4 Å². The molecule has 106 valence electrons. The summed E-state index contributed by atoms with van der Waals surface area (Å²) in [4.78, 5) is 35.8. The highest BCUT2D eigenvalue weighted by molar-refractivity contribution is 6.00. The fourth-order valence-electron chi connectivity index (χ4n) is 1.99. The zero-order chi connectivity index (χ0) is 14.7. The minimum absolute atomic E-state index is 0.0204. The summed E-state index contributed by atoms with van der Waals surface area (Å²) >= 11 is 0. The lowest BCUT2D eigenvalue weighted by Crippen LogP contribution is -2.53. The monoisotopic (exact) mass is 276 g/mol. The molecule has 3 amide bonds. The van der Waals surface area contributed by atoms with Gasteiger partial charge in [0.25, 0.3) is 0 Å². The molecule has 1 saturated heterocycles. The number of rotatable bonds is 3. The van der Waals surface area contributed by atoms with Crippen molar-refractivity contribution in [1.82, 2.24) is 10.2 Å². The quantitative estimate of drug-likeness (QED) is 0.509. The molecule has 0 aromatic heterocycles. The van der Waals surface area contributed by atoms with Crippen molar-refractivity contribution in [3.63, 3.8) is 0 Å². The first-order chi connectivity index (χ1) is 9.45. The summed E-state index contributed by atoms with van der Waals surface area (Å²) in [6, 6.07) is 5.24. The third-order valence-corrected chi connectivity index (χ3v) is 3.03. The average molecular weight is 276 g/mol. The van der Waals surface area contributed by atoms with E-state index in [0.717, 1.165) is 5.56 Å². The van der Waals surface area contributed by atoms with Crippen molar-refractivity contribution < 1.29 is 14.4 Å². The maximum atomic E-state index is 11.9. The Labute approximate surface area is 116 Å². The number of carbonyl (C=O) groups excluding carboxylic acids is 3. The van der Waals surface area contributed by atoms with Gasteiger partial charge in [-0.1, -0.05) is 6.07 Å². The molecule has 7 nitrogen and oxygen atoms in total. The fourth-order valence-corrected chi connectivity index (χ4v) is 1.99. The first kappa shape index (κ1) is 14.0. The van der Waals surface area contributed by atoms with Crippen LogP contribution in [0.4, 0.5) is 11.4 Å². The molecule has 20 heavy (non-hydrogen) atoms. The van der Waals surface area contributed by atoms with Crippen LogP contribution in [0.2, 0.25) is 0 Å². The van der Waals surface area contributed by atoms with Crippen LogP contribution in [-0.2, 0) is 14.4 Å². The number of carbonyl (C=O) groups is 3. The second kappa shape index (κ2) is 5.70. The van der Waals surface area contributed by atoms with Crippen molar-refractivity contribution in [1.29, 1.82) is 0 Å². The van der Waals surface area contributed by atoms with E-state index in [4.69, 9.17) is 5.73 Å². The van der Waals surface area contributed by atoms with Gasteiger partial charge in [0.05, 0.1) is 19.6 Å². The van der Waals surface area contributed by atoms with Gasteiger partial charge in [-0.15, -0.1) is 0 Å². The predicted molar refractivity (Wildman–Crippen MR) is 73.8 cm³/mol. The fraction of sp³-hybridized carbons (Fsp3) is 0.308. The van der Waals surface area contributed by atoms with Gasteiger partial charge < -0.3 is 11.1 Å². The van der Waals surface area contributed by atoms with Crippen molar-refractivity contribution in [2.75, 3.05) is 30.7 Å². The molecule has 1 fully saturated rings. The van der Waals surface area contributed by atoms with Crippen LogP contribution in [0, 0.1) is 6.92 Å². The smallest absolute Gasteiger partial charge is 0.240 e. The molecule has 2 rings (SSSR count). The van der Waals surface area contributed by atoms with Gasteiger partial charge in [-0.2, -0.15) is 0 Å². The van der Waals surface area contributed by atoms with Gasteiger partial charge in [0.2, 0.25) is 17.7 Å². The van der Waals surface area contributed by atoms with Crippen LogP contribution in [0.1, 0.15) is 5.56 Å². The van der Waals surface area contributed by atoms with E-state index < -0.39 is 11.8 Å². The van der Waals surface area contributed by atoms with E-state index in [-0.39, 0.29) is 25.5 Å².